The Balaban J connectivity index is 3.15. The summed E-state index contributed by atoms with van der Waals surface area (Å²) in [4.78, 5) is 5.19. The highest BCUT2D eigenvalue weighted by Crippen LogP contribution is 2.05. The Morgan fingerprint density at radius 1 is 1.08 bits per heavy atom. The third-order valence-corrected chi connectivity index (χ3v) is 1.85. The summed E-state index contributed by atoms with van der Waals surface area (Å²) in [5.74, 6) is 0.767. The second kappa shape index (κ2) is 8.48. The fourth-order valence-electron chi connectivity index (χ4n) is 0.968. The van der Waals surface area contributed by atoms with E-state index in [2.05, 4.69) is 26.3 Å². The normalized spacial score (nSPS) is 13.6. The molecular formula is C10H23NO2. The Morgan fingerprint density at radius 3 is 2.31 bits per heavy atom. The minimum Gasteiger partial charge on any atom is -0.382 e. The van der Waals surface area contributed by atoms with Crippen LogP contribution in [0.15, 0.2) is 0 Å². The number of hydrogen-bond donors (Lipinski definition) is 1. The summed E-state index contributed by atoms with van der Waals surface area (Å²) in [7, 11) is 1.67. The molecule has 0 fully saturated rings. The van der Waals surface area contributed by atoms with Gasteiger partial charge in [0, 0.05) is 13.2 Å². The smallest absolute Gasteiger partial charge is 0.0915 e. The SMILES string of the molecule is COCCONC(C)CCC(C)C. The van der Waals surface area contributed by atoms with Gasteiger partial charge in [-0.2, -0.15) is 5.48 Å². The van der Waals surface area contributed by atoms with Gasteiger partial charge in [-0.3, -0.25) is 4.84 Å². The van der Waals surface area contributed by atoms with Crippen LogP contribution in [0.4, 0.5) is 0 Å². The fraction of sp³-hybridized carbons (Fsp3) is 1.00. The molecule has 0 spiro atoms. The Kier molecular flexibility index (Phi) is 8.40. The number of methoxy groups -OCH3 is 1. The van der Waals surface area contributed by atoms with E-state index in [0.29, 0.717) is 19.3 Å². The number of rotatable bonds is 8. The Labute approximate surface area is 81.8 Å². The van der Waals surface area contributed by atoms with Crippen LogP contribution in [0.3, 0.4) is 0 Å². The molecule has 0 rings (SSSR count). The van der Waals surface area contributed by atoms with E-state index in [0.717, 1.165) is 12.3 Å². The van der Waals surface area contributed by atoms with Gasteiger partial charge in [-0.05, 0) is 25.7 Å². The van der Waals surface area contributed by atoms with Crippen molar-refractivity contribution in [3.63, 3.8) is 0 Å². The molecule has 0 radical (unpaired) electrons. The predicted octanol–water partition coefficient (Wildman–Crippen LogP) is 1.98. The van der Waals surface area contributed by atoms with E-state index in [9.17, 15) is 0 Å². The van der Waals surface area contributed by atoms with Crippen molar-refractivity contribution < 1.29 is 9.57 Å². The van der Waals surface area contributed by atoms with E-state index >= 15 is 0 Å². The quantitative estimate of drug-likeness (QED) is 0.468. The van der Waals surface area contributed by atoms with Crippen molar-refractivity contribution in [3.8, 4) is 0 Å². The summed E-state index contributed by atoms with van der Waals surface area (Å²) in [5, 5.41) is 0. The molecule has 0 aromatic carbocycles. The molecule has 0 bridgehead atoms. The van der Waals surface area contributed by atoms with Crippen LogP contribution in [0.25, 0.3) is 0 Å². The van der Waals surface area contributed by atoms with E-state index in [1.54, 1.807) is 7.11 Å². The zero-order valence-corrected chi connectivity index (χ0v) is 9.30. The summed E-state index contributed by atoms with van der Waals surface area (Å²) in [6.07, 6.45) is 2.40. The van der Waals surface area contributed by atoms with Crippen molar-refractivity contribution in [1.82, 2.24) is 5.48 Å². The molecule has 0 aliphatic rings. The molecule has 0 aliphatic carbocycles. The van der Waals surface area contributed by atoms with E-state index in [4.69, 9.17) is 9.57 Å². The first-order chi connectivity index (χ1) is 6.16. The fourth-order valence-corrected chi connectivity index (χ4v) is 0.968. The van der Waals surface area contributed by atoms with E-state index in [1.165, 1.54) is 6.42 Å². The van der Waals surface area contributed by atoms with Crippen LogP contribution in [-0.2, 0) is 9.57 Å². The third kappa shape index (κ3) is 9.80. The molecule has 1 unspecified atom stereocenters. The summed E-state index contributed by atoms with van der Waals surface area (Å²) in [6, 6.07) is 0.430. The van der Waals surface area contributed by atoms with Crippen LogP contribution in [-0.4, -0.2) is 26.4 Å². The van der Waals surface area contributed by atoms with Gasteiger partial charge in [0.05, 0.1) is 13.2 Å². The average Bonchev–Trinajstić information content (AvgIpc) is 2.09. The highest BCUT2D eigenvalue weighted by molar-refractivity contribution is 4.56. The minimum atomic E-state index is 0.430. The molecule has 3 nitrogen and oxygen atoms in total. The van der Waals surface area contributed by atoms with Crippen LogP contribution in [0, 0.1) is 5.92 Å². The van der Waals surface area contributed by atoms with Gasteiger partial charge in [0.1, 0.15) is 0 Å². The molecule has 0 aliphatic heterocycles. The average molecular weight is 189 g/mol. The number of nitrogens with one attached hydrogen (secondary N) is 1. The van der Waals surface area contributed by atoms with Gasteiger partial charge in [0.2, 0.25) is 0 Å². The molecule has 0 amide bonds. The maximum atomic E-state index is 5.19. The van der Waals surface area contributed by atoms with Gasteiger partial charge in [-0.25, -0.2) is 0 Å². The van der Waals surface area contributed by atoms with E-state index < -0.39 is 0 Å². The molecule has 0 saturated heterocycles. The van der Waals surface area contributed by atoms with Crippen LogP contribution in [0.1, 0.15) is 33.6 Å². The monoisotopic (exact) mass is 189 g/mol. The number of hydrogen-bond acceptors (Lipinski definition) is 3. The molecule has 80 valence electrons. The first kappa shape index (κ1) is 12.9. The van der Waals surface area contributed by atoms with Gasteiger partial charge >= 0.3 is 0 Å². The summed E-state index contributed by atoms with van der Waals surface area (Å²) >= 11 is 0. The molecule has 0 heterocycles. The predicted molar refractivity (Wildman–Crippen MR) is 54.5 cm³/mol. The van der Waals surface area contributed by atoms with Crippen LogP contribution < -0.4 is 5.48 Å². The molecule has 1 N–H and O–H groups in total. The molecule has 3 heteroatoms. The van der Waals surface area contributed by atoms with Gasteiger partial charge in [-0.15, -0.1) is 0 Å². The highest BCUT2D eigenvalue weighted by Gasteiger charge is 2.02. The number of hydroxylamine groups is 1. The highest BCUT2D eigenvalue weighted by atomic mass is 16.7. The van der Waals surface area contributed by atoms with Crippen LogP contribution in [0.2, 0.25) is 0 Å². The first-order valence-electron chi connectivity index (χ1n) is 5.03. The van der Waals surface area contributed by atoms with Gasteiger partial charge in [0.15, 0.2) is 0 Å². The minimum absolute atomic E-state index is 0.430. The molecule has 0 aromatic heterocycles. The third-order valence-electron chi connectivity index (χ3n) is 1.85. The molecule has 1 atom stereocenters. The second-order valence-corrected chi connectivity index (χ2v) is 3.83. The van der Waals surface area contributed by atoms with Crippen molar-refractivity contribution in [2.24, 2.45) is 5.92 Å². The summed E-state index contributed by atoms with van der Waals surface area (Å²) in [5.41, 5.74) is 2.99. The molecule has 13 heavy (non-hydrogen) atoms. The molecule has 0 saturated carbocycles. The lowest BCUT2D eigenvalue weighted by Gasteiger charge is -2.14. The lowest BCUT2D eigenvalue weighted by molar-refractivity contribution is -0.0108. The van der Waals surface area contributed by atoms with Gasteiger partial charge in [0.25, 0.3) is 0 Å². The molecule has 0 aromatic rings. The lowest BCUT2D eigenvalue weighted by atomic mass is 10.1. The standard InChI is InChI=1S/C10H23NO2/c1-9(2)5-6-10(3)11-13-8-7-12-4/h9-11H,5-8H2,1-4H3. The Morgan fingerprint density at radius 2 is 1.77 bits per heavy atom. The van der Waals surface area contributed by atoms with Crippen molar-refractivity contribution in [3.05, 3.63) is 0 Å². The van der Waals surface area contributed by atoms with Crippen LogP contribution in [0.5, 0.6) is 0 Å². The van der Waals surface area contributed by atoms with Crippen molar-refractivity contribution in [1.29, 1.82) is 0 Å². The van der Waals surface area contributed by atoms with E-state index in [-0.39, 0.29) is 0 Å². The maximum absolute atomic E-state index is 5.19. The topological polar surface area (TPSA) is 30.5 Å². The second-order valence-electron chi connectivity index (χ2n) is 3.83. The Bertz CT molecular complexity index is 107. The first-order valence-corrected chi connectivity index (χ1v) is 5.03. The van der Waals surface area contributed by atoms with Gasteiger partial charge in [-0.1, -0.05) is 13.8 Å². The zero-order valence-electron chi connectivity index (χ0n) is 9.30. The summed E-state index contributed by atoms with van der Waals surface area (Å²) < 4.78 is 4.86. The Hall–Kier alpha value is -0.120. The van der Waals surface area contributed by atoms with Crippen molar-refractivity contribution in [2.75, 3.05) is 20.3 Å². The summed E-state index contributed by atoms with van der Waals surface area (Å²) in [6.45, 7) is 7.86. The lowest BCUT2D eigenvalue weighted by Crippen LogP contribution is -2.27. The van der Waals surface area contributed by atoms with Crippen molar-refractivity contribution >= 4 is 0 Å². The van der Waals surface area contributed by atoms with E-state index in [1.807, 2.05) is 0 Å². The number of ether oxygens (including phenoxy) is 1. The maximum Gasteiger partial charge on any atom is 0.0915 e. The van der Waals surface area contributed by atoms with Crippen LogP contribution >= 0.6 is 0 Å². The largest absolute Gasteiger partial charge is 0.382 e. The zero-order chi connectivity index (χ0) is 10.1. The van der Waals surface area contributed by atoms with Gasteiger partial charge < -0.3 is 4.74 Å². The molecular weight excluding hydrogens is 166 g/mol. The van der Waals surface area contributed by atoms with Crippen molar-refractivity contribution in [2.45, 2.75) is 39.7 Å².